The molecular formula is C17H26Cl2N2O3. The van der Waals surface area contributed by atoms with Gasteiger partial charge in [-0.05, 0) is 30.5 Å². The molecule has 0 unspecified atom stereocenters. The monoisotopic (exact) mass is 376 g/mol. The Morgan fingerprint density at radius 3 is 2.71 bits per heavy atom. The van der Waals surface area contributed by atoms with Crippen LogP contribution in [0.4, 0.5) is 0 Å². The van der Waals surface area contributed by atoms with E-state index in [2.05, 4.69) is 28.9 Å². The second-order valence-corrected chi connectivity index (χ2v) is 5.62. The van der Waals surface area contributed by atoms with Gasteiger partial charge < -0.3 is 19.5 Å². The molecule has 1 aromatic carbocycles. The van der Waals surface area contributed by atoms with Gasteiger partial charge in [0.2, 0.25) is 12.5 Å². The van der Waals surface area contributed by atoms with Crippen LogP contribution < -0.4 is 19.5 Å². The van der Waals surface area contributed by atoms with Gasteiger partial charge in [0.1, 0.15) is 0 Å². The van der Waals surface area contributed by atoms with E-state index in [4.69, 9.17) is 14.2 Å². The minimum atomic E-state index is 0. The maximum absolute atomic E-state index is 5.57. The smallest absolute Gasteiger partial charge is 0.231 e. The predicted molar refractivity (Wildman–Crippen MR) is 100 cm³/mol. The molecule has 0 amide bonds. The Balaban J connectivity index is 0.00000144. The fraction of sp³-hybridized carbons (Fsp3) is 0.529. The van der Waals surface area contributed by atoms with Gasteiger partial charge in [0.25, 0.3) is 0 Å². The van der Waals surface area contributed by atoms with Gasteiger partial charge in [-0.1, -0.05) is 6.08 Å². The van der Waals surface area contributed by atoms with Gasteiger partial charge in [-0.2, -0.15) is 0 Å². The van der Waals surface area contributed by atoms with Crippen LogP contribution in [0.25, 0.3) is 0 Å². The minimum Gasteiger partial charge on any atom is -0.493 e. The first-order valence-electron chi connectivity index (χ1n) is 7.86. The van der Waals surface area contributed by atoms with Crippen molar-refractivity contribution < 1.29 is 14.2 Å². The van der Waals surface area contributed by atoms with Crippen molar-refractivity contribution in [3.05, 3.63) is 30.4 Å². The zero-order valence-corrected chi connectivity index (χ0v) is 15.6. The van der Waals surface area contributed by atoms with Gasteiger partial charge in [0, 0.05) is 32.2 Å². The molecule has 1 aromatic rings. The van der Waals surface area contributed by atoms with Crippen molar-refractivity contribution in [2.24, 2.45) is 0 Å². The molecule has 1 fully saturated rings. The lowest BCUT2D eigenvalue weighted by Gasteiger charge is -2.35. The summed E-state index contributed by atoms with van der Waals surface area (Å²) in [5.74, 6) is 2.26. The molecule has 7 heteroatoms. The van der Waals surface area contributed by atoms with E-state index in [1.165, 1.54) is 5.56 Å². The summed E-state index contributed by atoms with van der Waals surface area (Å²) in [6.45, 7) is 8.30. The zero-order chi connectivity index (χ0) is 15.4. The summed E-state index contributed by atoms with van der Waals surface area (Å²) in [6, 6.07) is 4.53. The summed E-state index contributed by atoms with van der Waals surface area (Å²) in [6.07, 6.45) is 4.02. The standard InChI is InChI=1S/C17H24N2O3.2ClH/c1-3-4-5-14(19-8-6-18-7-9-19)13-10-15(20-2)17-16(11-13)21-12-22-17;;/h3,10-11,14,18H,1,4-9,12H2,2H3;2*1H/t14-;;/m1../s1. The third-order valence-electron chi connectivity index (χ3n) is 4.30. The third-order valence-corrected chi connectivity index (χ3v) is 4.30. The fourth-order valence-electron chi connectivity index (χ4n) is 3.17. The lowest BCUT2D eigenvalue weighted by molar-refractivity contribution is 0.165. The van der Waals surface area contributed by atoms with Crippen LogP contribution in [0.2, 0.25) is 0 Å². The predicted octanol–water partition coefficient (Wildman–Crippen LogP) is 3.18. The maximum atomic E-state index is 5.57. The van der Waals surface area contributed by atoms with E-state index in [0.717, 1.165) is 50.5 Å². The van der Waals surface area contributed by atoms with Gasteiger partial charge in [-0.3, -0.25) is 4.90 Å². The maximum Gasteiger partial charge on any atom is 0.231 e. The second kappa shape index (κ2) is 9.99. The van der Waals surface area contributed by atoms with Gasteiger partial charge in [0.05, 0.1) is 7.11 Å². The number of piperazine rings is 1. The third kappa shape index (κ3) is 4.48. The van der Waals surface area contributed by atoms with E-state index in [1.54, 1.807) is 7.11 Å². The molecule has 3 rings (SSSR count). The van der Waals surface area contributed by atoms with Crippen molar-refractivity contribution in [3.8, 4) is 17.2 Å². The molecule has 1 saturated heterocycles. The number of hydrogen-bond acceptors (Lipinski definition) is 5. The average Bonchev–Trinajstić information content (AvgIpc) is 3.04. The molecule has 0 bridgehead atoms. The Hall–Kier alpha value is -1.14. The molecule has 2 aliphatic rings. The van der Waals surface area contributed by atoms with Crippen LogP contribution in [-0.2, 0) is 0 Å². The molecule has 136 valence electrons. The molecule has 5 nitrogen and oxygen atoms in total. The molecule has 0 radical (unpaired) electrons. The van der Waals surface area contributed by atoms with Crippen LogP contribution in [-0.4, -0.2) is 45.0 Å². The van der Waals surface area contributed by atoms with E-state index in [9.17, 15) is 0 Å². The first kappa shape index (κ1) is 20.9. The Labute approximate surface area is 156 Å². The number of nitrogens with one attached hydrogen (secondary N) is 1. The molecule has 2 aliphatic heterocycles. The summed E-state index contributed by atoms with van der Waals surface area (Å²) in [7, 11) is 1.67. The summed E-state index contributed by atoms with van der Waals surface area (Å²) >= 11 is 0. The highest BCUT2D eigenvalue weighted by Gasteiger charge is 2.26. The first-order valence-corrected chi connectivity index (χ1v) is 7.86. The number of nitrogens with zero attached hydrogens (tertiary/aromatic N) is 1. The average molecular weight is 377 g/mol. The quantitative estimate of drug-likeness (QED) is 0.772. The van der Waals surface area contributed by atoms with Crippen molar-refractivity contribution >= 4 is 24.8 Å². The largest absolute Gasteiger partial charge is 0.493 e. The topological polar surface area (TPSA) is 43.0 Å². The summed E-state index contributed by atoms with van der Waals surface area (Å²) < 4.78 is 16.5. The highest BCUT2D eigenvalue weighted by molar-refractivity contribution is 5.85. The van der Waals surface area contributed by atoms with Gasteiger partial charge in [-0.15, -0.1) is 31.4 Å². The number of hydrogen-bond donors (Lipinski definition) is 1. The van der Waals surface area contributed by atoms with Crippen molar-refractivity contribution in [1.29, 1.82) is 0 Å². The van der Waals surface area contributed by atoms with Crippen molar-refractivity contribution in [2.45, 2.75) is 18.9 Å². The molecule has 0 aromatic heterocycles. The minimum absolute atomic E-state index is 0. The van der Waals surface area contributed by atoms with Crippen LogP contribution in [0, 0.1) is 0 Å². The highest BCUT2D eigenvalue weighted by atomic mass is 35.5. The van der Waals surface area contributed by atoms with Crippen LogP contribution in [0.15, 0.2) is 24.8 Å². The van der Waals surface area contributed by atoms with Crippen molar-refractivity contribution in [3.63, 3.8) is 0 Å². The van der Waals surface area contributed by atoms with Crippen molar-refractivity contribution in [1.82, 2.24) is 10.2 Å². The molecule has 2 heterocycles. The molecule has 0 saturated carbocycles. The summed E-state index contributed by atoms with van der Waals surface area (Å²) in [4.78, 5) is 2.52. The molecular weight excluding hydrogens is 351 g/mol. The summed E-state index contributed by atoms with van der Waals surface area (Å²) in [5.41, 5.74) is 1.23. The van der Waals surface area contributed by atoms with E-state index >= 15 is 0 Å². The van der Waals surface area contributed by atoms with Crippen LogP contribution >= 0.6 is 24.8 Å². The molecule has 24 heavy (non-hydrogen) atoms. The lowest BCUT2D eigenvalue weighted by Crippen LogP contribution is -2.45. The number of benzene rings is 1. The number of ether oxygens (including phenoxy) is 3. The Morgan fingerprint density at radius 2 is 2.04 bits per heavy atom. The number of allylic oxidation sites excluding steroid dienone is 1. The molecule has 1 N–H and O–H groups in total. The number of fused-ring (bicyclic) bond motifs is 1. The van der Waals surface area contributed by atoms with Gasteiger partial charge >= 0.3 is 0 Å². The van der Waals surface area contributed by atoms with Gasteiger partial charge in [-0.25, -0.2) is 0 Å². The Morgan fingerprint density at radius 1 is 1.29 bits per heavy atom. The van der Waals surface area contributed by atoms with Crippen LogP contribution in [0.5, 0.6) is 17.2 Å². The molecule has 1 atom stereocenters. The molecule has 0 aliphatic carbocycles. The SMILES string of the molecule is C=CCC[C@H](c1cc(OC)c2c(c1)OCO2)N1CCNCC1.Cl.Cl. The van der Waals surface area contributed by atoms with E-state index in [-0.39, 0.29) is 31.6 Å². The highest BCUT2D eigenvalue weighted by Crippen LogP contribution is 2.44. The van der Waals surface area contributed by atoms with Gasteiger partial charge in [0.15, 0.2) is 11.5 Å². The Kier molecular flexibility index (Phi) is 8.70. The van der Waals surface area contributed by atoms with E-state index < -0.39 is 0 Å². The number of halogens is 2. The normalized spacial score (nSPS) is 17.4. The summed E-state index contributed by atoms with van der Waals surface area (Å²) in [5, 5.41) is 3.41. The molecule has 0 spiro atoms. The zero-order valence-electron chi connectivity index (χ0n) is 14.0. The number of methoxy groups -OCH3 is 1. The fourth-order valence-corrected chi connectivity index (χ4v) is 3.17. The van der Waals surface area contributed by atoms with Crippen LogP contribution in [0.1, 0.15) is 24.4 Å². The number of rotatable bonds is 6. The second-order valence-electron chi connectivity index (χ2n) is 5.62. The first-order chi connectivity index (χ1) is 10.8. The van der Waals surface area contributed by atoms with E-state index in [1.807, 2.05) is 6.08 Å². The van der Waals surface area contributed by atoms with E-state index in [0.29, 0.717) is 11.8 Å². The van der Waals surface area contributed by atoms with Crippen LogP contribution in [0.3, 0.4) is 0 Å². The Bertz CT molecular complexity index is 537. The lowest BCUT2D eigenvalue weighted by atomic mass is 9.98. The van der Waals surface area contributed by atoms with Crippen molar-refractivity contribution in [2.75, 3.05) is 40.1 Å².